The van der Waals surface area contributed by atoms with Crippen LogP contribution in [-0.4, -0.2) is 38.8 Å². The van der Waals surface area contributed by atoms with Crippen molar-refractivity contribution in [3.63, 3.8) is 0 Å². The smallest absolute Gasteiger partial charge is 0.325 e. The third-order valence-electron chi connectivity index (χ3n) is 3.62. The molecular formula is C16H26N2O2. The van der Waals surface area contributed by atoms with Crippen molar-refractivity contribution in [1.29, 1.82) is 0 Å². The highest BCUT2D eigenvalue weighted by molar-refractivity contribution is 5.80. The van der Waals surface area contributed by atoms with Crippen LogP contribution in [0.1, 0.15) is 25.8 Å². The second kappa shape index (κ2) is 7.29. The highest BCUT2D eigenvalue weighted by atomic mass is 16.5. The van der Waals surface area contributed by atoms with Gasteiger partial charge in [0.1, 0.15) is 5.54 Å². The van der Waals surface area contributed by atoms with Gasteiger partial charge in [0.15, 0.2) is 0 Å². The highest BCUT2D eigenvalue weighted by Gasteiger charge is 2.33. The van der Waals surface area contributed by atoms with E-state index in [1.165, 1.54) is 12.7 Å². The van der Waals surface area contributed by atoms with Crippen molar-refractivity contribution in [2.75, 3.05) is 32.1 Å². The molecule has 1 unspecified atom stereocenters. The molecule has 1 aromatic rings. The van der Waals surface area contributed by atoms with Gasteiger partial charge in [0.2, 0.25) is 0 Å². The number of methoxy groups -OCH3 is 1. The quantitative estimate of drug-likeness (QED) is 0.778. The summed E-state index contributed by atoms with van der Waals surface area (Å²) in [4.78, 5) is 14.1. The number of nitrogens with one attached hydrogen (secondary N) is 1. The van der Waals surface area contributed by atoms with Crippen LogP contribution in [-0.2, 0) is 9.53 Å². The second-order valence-corrected chi connectivity index (χ2v) is 5.36. The molecule has 0 saturated carbocycles. The van der Waals surface area contributed by atoms with Gasteiger partial charge in [-0.3, -0.25) is 4.79 Å². The average Bonchev–Trinajstić information content (AvgIpc) is 2.45. The first kappa shape index (κ1) is 16.5. The van der Waals surface area contributed by atoms with Crippen molar-refractivity contribution in [2.45, 2.75) is 32.7 Å². The van der Waals surface area contributed by atoms with Crippen LogP contribution in [0.2, 0.25) is 0 Å². The van der Waals surface area contributed by atoms with Crippen LogP contribution in [0.4, 0.5) is 5.69 Å². The third-order valence-corrected chi connectivity index (χ3v) is 3.62. The maximum atomic E-state index is 11.9. The highest BCUT2D eigenvalue weighted by Crippen LogP contribution is 2.17. The molecule has 0 fully saturated rings. The van der Waals surface area contributed by atoms with Crippen molar-refractivity contribution >= 4 is 11.7 Å². The van der Waals surface area contributed by atoms with Crippen LogP contribution in [0.15, 0.2) is 24.3 Å². The molecule has 0 spiro atoms. The molecule has 0 aliphatic carbocycles. The SMILES string of the molecule is CCNC(C)(CCN(C)c1ccc(C)cc1)C(=O)OC. The number of rotatable bonds is 7. The Bertz CT molecular complexity index is 431. The zero-order valence-electron chi connectivity index (χ0n) is 13.2. The number of hydrogen-bond acceptors (Lipinski definition) is 4. The van der Waals surface area contributed by atoms with Crippen LogP contribution in [0, 0.1) is 6.92 Å². The minimum absolute atomic E-state index is 0.211. The Labute approximate surface area is 122 Å². The summed E-state index contributed by atoms with van der Waals surface area (Å²) in [6.45, 7) is 7.47. The Morgan fingerprint density at radius 3 is 2.45 bits per heavy atom. The fraction of sp³-hybridized carbons (Fsp3) is 0.562. The molecule has 0 bridgehead atoms. The van der Waals surface area contributed by atoms with Gasteiger partial charge in [-0.15, -0.1) is 0 Å². The van der Waals surface area contributed by atoms with Crippen molar-refractivity contribution in [2.24, 2.45) is 0 Å². The molecule has 1 aromatic carbocycles. The number of aryl methyl sites for hydroxylation is 1. The molecule has 112 valence electrons. The van der Waals surface area contributed by atoms with Gasteiger partial charge in [-0.2, -0.15) is 0 Å². The van der Waals surface area contributed by atoms with E-state index in [0.717, 1.165) is 18.8 Å². The number of hydrogen-bond donors (Lipinski definition) is 1. The van der Waals surface area contributed by atoms with E-state index in [2.05, 4.69) is 41.4 Å². The van der Waals surface area contributed by atoms with E-state index in [9.17, 15) is 4.79 Å². The molecule has 1 rings (SSSR count). The van der Waals surface area contributed by atoms with Crippen LogP contribution in [0.5, 0.6) is 0 Å². The largest absolute Gasteiger partial charge is 0.468 e. The van der Waals surface area contributed by atoms with Gasteiger partial charge in [-0.05, 0) is 38.9 Å². The molecular weight excluding hydrogens is 252 g/mol. The monoisotopic (exact) mass is 278 g/mol. The maximum Gasteiger partial charge on any atom is 0.325 e. The van der Waals surface area contributed by atoms with Gasteiger partial charge in [0, 0.05) is 19.3 Å². The molecule has 0 aliphatic rings. The molecule has 0 amide bonds. The summed E-state index contributed by atoms with van der Waals surface area (Å²) in [7, 11) is 3.47. The topological polar surface area (TPSA) is 41.6 Å². The summed E-state index contributed by atoms with van der Waals surface area (Å²) in [5.74, 6) is -0.211. The van der Waals surface area contributed by atoms with Crippen LogP contribution in [0.3, 0.4) is 0 Å². The molecule has 4 heteroatoms. The number of nitrogens with zero attached hydrogens (tertiary/aromatic N) is 1. The summed E-state index contributed by atoms with van der Waals surface area (Å²) in [6, 6.07) is 8.38. The minimum atomic E-state index is -0.636. The number of benzene rings is 1. The van der Waals surface area contributed by atoms with E-state index in [1.807, 2.05) is 20.9 Å². The Morgan fingerprint density at radius 1 is 1.35 bits per heavy atom. The summed E-state index contributed by atoms with van der Waals surface area (Å²) in [5.41, 5.74) is 1.76. The number of likely N-dealkylation sites (N-methyl/N-ethyl adjacent to an activating group) is 1. The molecule has 1 atom stereocenters. The van der Waals surface area contributed by atoms with Gasteiger partial charge in [0.05, 0.1) is 7.11 Å². The van der Waals surface area contributed by atoms with E-state index >= 15 is 0 Å². The molecule has 0 aromatic heterocycles. The van der Waals surface area contributed by atoms with E-state index in [4.69, 9.17) is 4.74 Å². The molecule has 20 heavy (non-hydrogen) atoms. The molecule has 0 saturated heterocycles. The van der Waals surface area contributed by atoms with Gasteiger partial charge in [-0.25, -0.2) is 0 Å². The van der Waals surface area contributed by atoms with E-state index < -0.39 is 5.54 Å². The Kier molecular flexibility index (Phi) is 6.02. The fourth-order valence-electron chi connectivity index (χ4n) is 2.20. The lowest BCUT2D eigenvalue weighted by Gasteiger charge is -2.30. The fourth-order valence-corrected chi connectivity index (χ4v) is 2.20. The number of anilines is 1. The van der Waals surface area contributed by atoms with Crippen molar-refractivity contribution in [3.8, 4) is 0 Å². The molecule has 0 radical (unpaired) electrons. The Balaban J connectivity index is 2.67. The lowest BCUT2D eigenvalue weighted by Crippen LogP contribution is -2.51. The summed E-state index contributed by atoms with van der Waals surface area (Å²) in [5, 5.41) is 3.22. The van der Waals surface area contributed by atoms with Crippen LogP contribution < -0.4 is 10.2 Å². The zero-order chi connectivity index (χ0) is 15.2. The van der Waals surface area contributed by atoms with Gasteiger partial charge >= 0.3 is 5.97 Å². The number of carbonyl (C=O) groups is 1. The maximum absolute atomic E-state index is 11.9. The zero-order valence-corrected chi connectivity index (χ0v) is 13.2. The Morgan fingerprint density at radius 2 is 1.95 bits per heavy atom. The standard InChI is InChI=1S/C16H26N2O2/c1-6-17-16(3,15(19)20-5)11-12-18(4)14-9-7-13(2)8-10-14/h7-10,17H,6,11-12H2,1-5H3. The first-order valence-corrected chi connectivity index (χ1v) is 7.04. The first-order valence-electron chi connectivity index (χ1n) is 7.04. The summed E-state index contributed by atoms with van der Waals surface area (Å²) < 4.78 is 4.90. The average molecular weight is 278 g/mol. The van der Waals surface area contributed by atoms with Crippen molar-refractivity contribution < 1.29 is 9.53 Å². The predicted molar refractivity (Wildman–Crippen MR) is 83.2 cm³/mol. The van der Waals surface area contributed by atoms with E-state index in [1.54, 1.807) is 0 Å². The normalized spacial score (nSPS) is 13.7. The van der Waals surface area contributed by atoms with E-state index in [0.29, 0.717) is 6.42 Å². The number of ether oxygens (including phenoxy) is 1. The van der Waals surface area contributed by atoms with Crippen LogP contribution >= 0.6 is 0 Å². The lowest BCUT2D eigenvalue weighted by molar-refractivity contribution is -0.148. The van der Waals surface area contributed by atoms with Crippen molar-refractivity contribution in [3.05, 3.63) is 29.8 Å². The predicted octanol–water partition coefficient (Wildman–Crippen LogP) is 2.36. The van der Waals surface area contributed by atoms with Gasteiger partial charge < -0.3 is 15.0 Å². The van der Waals surface area contributed by atoms with Gasteiger partial charge in [-0.1, -0.05) is 24.6 Å². The molecule has 1 N–H and O–H groups in total. The second-order valence-electron chi connectivity index (χ2n) is 5.36. The minimum Gasteiger partial charge on any atom is -0.468 e. The van der Waals surface area contributed by atoms with Crippen molar-refractivity contribution in [1.82, 2.24) is 5.32 Å². The number of carbonyl (C=O) groups excluding carboxylic acids is 1. The summed E-state index contributed by atoms with van der Waals surface area (Å²) >= 11 is 0. The Hall–Kier alpha value is -1.55. The van der Waals surface area contributed by atoms with E-state index in [-0.39, 0.29) is 5.97 Å². The molecule has 4 nitrogen and oxygen atoms in total. The first-order chi connectivity index (χ1) is 9.42. The third kappa shape index (κ3) is 4.23. The number of esters is 1. The van der Waals surface area contributed by atoms with Gasteiger partial charge in [0.25, 0.3) is 0 Å². The lowest BCUT2D eigenvalue weighted by atomic mass is 9.97. The van der Waals surface area contributed by atoms with Crippen LogP contribution in [0.25, 0.3) is 0 Å². The summed E-state index contributed by atoms with van der Waals surface area (Å²) in [6.07, 6.45) is 0.692. The molecule has 0 heterocycles. The molecule has 0 aliphatic heterocycles.